The first-order chi connectivity index (χ1) is 12.2. The van der Waals surface area contributed by atoms with E-state index in [1.807, 2.05) is 29.0 Å². The van der Waals surface area contributed by atoms with Gasteiger partial charge in [-0.25, -0.2) is 0 Å². The van der Waals surface area contributed by atoms with Crippen molar-refractivity contribution in [3.63, 3.8) is 0 Å². The number of carbonyl (C=O) groups excluding carboxylic acids is 1. The number of likely N-dealkylation sites (N-methyl/N-ethyl adjacent to an activating group) is 1. The normalized spacial score (nSPS) is 17.2. The topological polar surface area (TPSA) is 71.3 Å². The predicted molar refractivity (Wildman–Crippen MR) is 94.9 cm³/mol. The molecule has 0 fully saturated rings. The zero-order valence-electron chi connectivity index (χ0n) is 13.8. The summed E-state index contributed by atoms with van der Waals surface area (Å²) >= 11 is 1.59. The van der Waals surface area contributed by atoms with Gasteiger partial charge in [0.05, 0.1) is 12.6 Å². The molecule has 128 valence electrons. The van der Waals surface area contributed by atoms with Gasteiger partial charge in [0.25, 0.3) is 0 Å². The Morgan fingerprint density at radius 3 is 2.96 bits per heavy atom. The first-order valence-corrected chi connectivity index (χ1v) is 9.06. The van der Waals surface area contributed by atoms with Gasteiger partial charge in [0.2, 0.25) is 17.6 Å². The summed E-state index contributed by atoms with van der Waals surface area (Å²) in [4.78, 5) is 18.9. The summed E-state index contributed by atoms with van der Waals surface area (Å²) in [6, 6.07) is 9.95. The standard InChI is InChI=1S/C18H18N4O2S/c1-19-18(23)15-8-12-4-2-3-5-13(12)9-22(15)10-16-20-17(21-24-16)14-6-7-25-11-14/h2-7,11,15H,8-10H2,1H3,(H,19,23). The third-order valence-electron chi connectivity index (χ3n) is 4.48. The van der Waals surface area contributed by atoms with Crippen LogP contribution in [0.15, 0.2) is 45.6 Å². The molecule has 7 heteroatoms. The van der Waals surface area contributed by atoms with Crippen molar-refractivity contribution >= 4 is 17.2 Å². The smallest absolute Gasteiger partial charge is 0.241 e. The van der Waals surface area contributed by atoms with Crippen molar-refractivity contribution in [2.45, 2.75) is 25.6 Å². The van der Waals surface area contributed by atoms with E-state index in [2.05, 4.69) is 32.5 Å². The van der Waals surface area contributed by atoms with Gasteiger partial charge in [-0.3, -0.25) is 9.69 Å². The molecule has 3 heterocycles. The van der Waals surface area contributed by atoms with Crippen LogP contribution in [-0.2, 0) is 24.3 Å². The molecule has 1 N–H and O–H groups in total. The van der Waals surface area contributed by atoms with Gasteiger partial charge in [-0.15, -0.1) is 0 Å². The molecular weight excluding hydrogens is 336 g/mol. The lowest BCUT2D eigenvalue weighted by atomic mass is 9.93. The van der Waals surface area contributed by atoms with E-state index in [1.54, 1.807) is 18.4 Å². The molecule has 3 aromatic rings. The minimum Gasteiger partial charge on any atom is -0.358 e. The van der Waals surface area contributed by atoms with Crippen molar-refractivity contribution in [1.29, 1.82) is 0 Å². The van der Waals surface area contributed by atoms with Crippen LogP contribution in [0.25, 0.3) is 11.4 Å². The third-order valence-corrected chi connectivity index (χ3v) is 5.16. The molecule has 1 aliphatic rings. The molecule has 1 aliphatic heterocycles. The first-order valence-electron chi connectivity index (χ1n) is 8.12. The predicted octanol–water partition coefficient (Wildman–Crippen LogP) is 2.47. The highest BCUT2D eigenvalue weighted by molar-refractivity contribution is 7.08. The summed E-state index contributed by atoms with van der Waals surface area (Å²) < 4.78 is 5.41. The van der Waals surface area contributed by atoms with Crippen LogP contribution in [0, 0.1) is 0 Å². The number of fused-ring (bicyclic) bond motifs is 1. The summed E-state index contributed by atoms with van der Waals surface area (Å²) in [6.07, 6.45) is 0.682. The van der Waals surface area contributed by atoms with Crippen LogP contribution in [0.2, 0.25) is 0 Å². The zero-order chi connectivity index (χ0) is 17.2. The van der Waals surface area contributed by atoms with E-state index in [0.29, 0.717) is 31.2 Å². The number of benzene rings is 1. The van der Waals surface area contributed by atoms with Gasteiger partial charge in [0.15, 0.2) is 0 Å². The van der Waals surface area contributed by atoms with Crippen molar-refractivity contribution < 1.29 is 9.32 Å². The fourth-order valence-electron chi connectivity index (χ4n) is 3.17. The number of aromatic nitrogens is 2. The van der Waals surface area contributed by atoms with Crippen molar-refractivity contribution in [2.75, 3.05) is 7.05 Å². The maximum atomic E-state index is 12.4. The molecule has 0 saturated carbocycles. The second-order valence-corrected chi connectivity index (χ2v) is 6.81. The van der Waals surface area contributed by atoms with E-state index in [0.717, 1.165) is 5.56 Å². The van der Waals surface area contributed by atoms with Gasteiger partial charge in [0, 0.05) is 24.5 Å². The van der Waals surface area contributed by atoms with Crippen LogP contribution in [0.4, 0.5) is 0 Å². The molecule has 1 atom stereocenters. The van der Waals surface area contributed by atoms with Crippen LogP contribution >= 0.6 is 11.3 Å². The number of hydrogen-bond donors (Lipinski definition) is 1. The van der Waals surface area contributed by atoms with Crippen molar-refractivity contribution in [3.8, 4) is 11.4 Å². The maximum absolute atomic E-state index is 12.4. The van der Waals surface area contributed by atoms with E-state index >= 15 is 0 Å². The van der Waals surface area contributed by atoms with Gasteiger partial charge < -0.3 is 9.84 Å². The van der Waals surface area contributed by atoms with Gasteiger partial charge in [-0.2, -0.15) is 16.3 Å². The highest BCUT2D eigenvalue weighted by Gasteiger charge is 2.32. The Balaban J connectivity index is 1.58. The summed E-state index contributed by atoms with van der Waals surface area (Å²) in [5.74, 6) is 1.12. The highest BCUT2D eigenvalue weighted by atomic mass is 32.1. The van der Waals surface area contributed by atoms with Gasteiger partial charge in [-0.05, 0) is 29.0 Å². The van der Waals surface area contributed by atoms with E-state index in [-0.39, 0.29) is 11.9 Å². The van der Waals surface area contributed by atoms with E-state index < -0.39 is 0 Å². The van der Waals surface area contributed by atoms with Crippen LogP contribution in [0.1, 0.15) is 17.0 Å². The van der Waals surface area contributed by atoms with Gasteiger partial charge >= 0.3 is 0 Å². The Morgan fingerprint density at radius 2 is 2.20 bits per heavy atom. The lowest BCUT2D eigenvalue weighted by Crippen LogP contribution is -2.49. The summed E-state index contributed by atoms with van der Waals surface area (Å²) in [5.41, 5.74) is 3.41. The van der Waals surface area contributed by atoms with E-state index in [4.69, 9.17) is 4.52 Å². The molecule has 1 unspecified atom stereocenters. The monoisotopic (exact) mass is 354 g/mol. The Morgan fingerprint density at radius 1 is 1.36 bits per heavy atom. The van der Waals surface area contributed by atoms with E-state index in [1.165, 1.54) is 11.1 Å². The Kier molecular flexibility index (Phi) is 4.33. The number of rotatable bonds is 4. The first kappa shape index (κ1) is 16.0. The second kappa shape index (κ2) is 6.78. The molecule has 1 amide bonds. The largest absolute Gasteiger partial charge is 0.358 e. The minimum absolute atomic E-state index is 0.00655. The fourth-order valence-corrected chi connectivity index (χ4v) is 3.80. The molecular formula is C18H18N4O2S. The van der Waals surface area contributed by atoms with Gasteiger partial charge in [-0.1, -0.05) is 29.4 Å². The Bertz CT molecular complexity index is 875. The summed E-state index contributed by atoms with van der Waals surface area (Å²) in [7, 11) is 1.67. The van der Waals surface area contributed by atoms with Gasteiger partial charge in [0.1, 0.15) is 0 Å². The second-order valence-electron chi connectivity index (χ2n) is 6.03. The van der Waals surface area contributed by atoms with E-state index in [9.17, 15) is 4.79 Å². The molecule has 0 aliphatic carbocycles. The number of carbonyl (C=O) groups is 1. The Labute approximate surface area is 149 Å². The number of nitrogens with zero attached hydrogens (tertiary/aromatic N) is 3. The molecule has 25 heavy (non-hydrogen) atoms. The van der Waals surface area contributed by atoms with Crippen molar-refractivity contribution in [3.05, 3.63) is 58.1 Å². The molecule has 4 rings (SSSR count). The molecule has 6 nitrogen and oxygen atoms in total. The molecule has 1 aromatic carbocycles. The third kappa shape index (κ3) is 3.20. The summed E-state index contributed by atoms with van der Waals surface area (Å²) in [6.45, 7) is 1.13. The zero-order valence-corrected chi connectivity index (χ0v) is 14.6. The average molecular weight is 354 g/mol. The van der Waals surface area contributed by atoms with Crippen LogP contribution in [0.5, 0.6) is 0 Å². The number of nitrogens with one attached hydrogen (secondary N) is 1. The minimum atomic E-state index is -0.239. The number of hydrogen-bond acceptors (Lipinski definition) is 6. The average Bonchev–Trinajstić information content (AvgIpc) is 3.32. The Hall–Kier alpha value is -2.51. The van der Waals surface area contributed by atoms with Crippen LogP contribution < -0.4 is 5.32 Å². The lowest BCUT2D eigenvalue weighted by molar-refractivity contribution is -0.126. The number of amides is 1. The number of thiophene rings is 1. The maximum Gasteiger partial charge on any atom is 0.241 e. The highest BCUT2D eigenvalue weighted by Crippen LogP contribution is 2.26. The lowest BCUT2D eigenvalue weighted by Gasteiger charge is -2.34. The van der Waals surface area contributed by atoms with Crippen LogP contribution in [-0.4, -0.2) is 34.0 Å². The SMILES string of the molecule is CNC(=O)C1Cc2ccccc2CN1Cc1nc(-c2ccsc2)no1. The van der Waals surface area contributed by atoms with Crippen LogP contribution in [0.3, 0.4) is 0 Å². The molecule has 0 radical (unpaired) electrons. The van der Waals surface area contributed by atoms with Crippen molar-refractivity contribution in [1.82, 2.24) is 20.4 Å². The molecule has 0 spiro atoms. The molecule has 0 bridgehead atoms. The molecule has 2 aromatic heterocycles. The summed E-state index contributed by atoms with van der Waals surface area (Å²) in [5, 5.41) is 10.8. The molecule has 0 saturated heterocycles. The quantitative estimate of drug-likeness (QED) is 0.779. The van der Waals surface area contributed by atoms with Crippen molar-refractivity contribution in [2.24, 2.45) is 0 Å². The fraction of sp³-hybridized carbons (Fsp3) is 0.278.